The number of hydrogen-bond acceptors (Lipinski definition) is 5. The molecule has 1 aromatic heterocycles. The highest BCUT2D eigenvalue weighted by Crippen LogP contribution is 2.27. The Hall–Kier alpha value is -2.30. The van der Waals surface area contributed by atoms with Crippen molar-refractivity contribution < 1.29 is 22.4 Å². The fourth-order valence-corrected chi connectivity index (χ4v) is 6.05. The van der Waals surface area contributed by atoms with Crippen LogP contribution in [-0.4, -0.2) is 37.1 Å². The lowest BCUT2D eigenvalue weighted by Crippen LogP contribution is -2.51. The van der Waals surface area contributed by atoms with Crippen LogP contribution in [-0.2, 0) is 21.2 Å². The molecule has 1 aliphatic rings. The van der Waals surface area contributed by atoms with Crippen molar-refractivity contribution in [3.8, 4) is 0 Å². The number of carbonyl (C=O) groups is 2. The standard InChI is InChI=1S/C19H22FN3O4S2/c1-3-15-12(2)11-16(28-15)19(25)22-21-18(24)14-8-6-10-23(14)29(26,27)17-9-5-4-7-13(17)20/h4-5,7,9,11,14H,3,6,8,10H2,1-2H3,(H,21,24)(H,22,25)/t14-/m1/s1. The second kappa shape index (κ2) is 8.60. The second-order valence-corrected chi connectivity index (χ2v) is 9.71. The van der Waals surface area contributed by atoms with E-state index in [9.17, 15) is 22.4 Å². The monoisotopic (exact) mass is 439 g/mol. The summed E-state index contributed by atoms with van der Waals surface area (Å²) in [5, 5.41) is 0. The van der Waals surface area contributed by atoms with Crippen LogP contribution >= 0.6 is 11.3 Å². The number of amides is 2. The van der Waals surface area contributed by atoms with Gasteiger partial charge in [0.2, 0.25) is 10.0 Å². The Morgan fingerprint density at radius 3 is 2.66 bits per heavy atom. The molecule has 0 unspecified atom stereocenters. The van der Waals surface area contributed by atoms with Crippen LogP contribution in [0.2, 0.25) is 0 Å². The van der Waals surface area contributed by atoms with Crippen molar-refractivity contribution in [2.24, 2.45) is 0 Å². The van der Waals surface area contributed by atoms with Gasteiger partial charge in [-0.15, -0.1) is 11.3 Å². The number of rotatable bonds is 5. The molecule has 2 N–H and O–H groups in total. The van der Waals surface area contributed by atoms with E-state index in [4.69, 9.17) is 0 Å². The van der Waals surface area contributed by atoms with Gasteiger partial charge in [-0.05, 0) is 49.9 Å². The van der Waals surface area contributed by atoms with E-state index in [-0.39, 0.29) is 13.0 Å². The molecule has 7 nitrogen and oxygen atoms in total. The molecule has 2 aromatic rings. The fourth-order valence-electron chi connectivity index (χ4n) is 3.32. The van der Waals surface area contributed by atoms with Crippen LogP contribution in [0.1, 0.15) is 39.9 Å². The Morgan fingerprint density at radius 1 is 1.28 bits per heavy atom. The lowest BCUT2D eigenvalue weighted by atomic mass is 10.2. The highest BCUT2D eigenvalue weighted by Gasteiger charge is 2.40. The van der Waals surface area contributed by atoms with E-state index < -0.39 is 38.6 Å². The quantitative estimate of drug-likeness (QED) is 0.700. The summed E-state index contributed by atoms with van der Waals surface area (Å²) < 4.78 is 40.6. The third-order valence-corrected chi connectivity index (χ3v) is 8.12. The summed E-state index contributed by atoms with van der Waals surface area (Å²) in [6.45, 7) is 4.01. The summed E-state index contributed by atoms with van der Waals surface area (Å²) >= 11 is 1.34. The summed E-state index contributed by atoms with van der Waals surface area (Å²) in [4.78, 5) is 25.9. The van der Waals surface area contributed by atoms with Gasteiger partial charge in [0, 0.05) is 11.4 Å². The second-order valence-electron chi connectivity index (χ2n) is 6.72. The molecule has 0 radical (unpaired) electrons. The largest absolute Gasteiger partial charge is 0.279 e. The summed E-state index contributed by atoms with van der Waals surface area (Å²) in [7, 11) is -4.17. The van der Waals surface area contributed by atoms with Crippen LogP contribution in [0, 0.1) is 12.7 Å². The molecule has 0 aliphatic carbocycles. The van der Waals surface area contributed by atoms with Crippen LogP contribution in [0.25, 0.3) is 0 Å². The van der Waals surface area contributed by atoms with Crippen molar-refractivity contribution in [3.05, 3.63) is 51.5 Å². The van der Waals surface area contributed by atoms with Crippen molar-refractivity contribution in [2.45, 2.75) is 44.0 Å². The first-order chi connectivity index (χ1) is 13.8. The van der Waals surface area contributed by atoms with Crippen molar-refractivity contribution in [3.63, 3.8) is 0 Å². The molecule has 1 fully saturated rings. The van der Waals surface area contributed by atoms with Crippen LogP contribution in [0.3, 0.4) is 0 Å². The number of sulfonamides is 1. The van der Waals surface area contributed by atoms with Gasteiger partial charge < -0.3 is 0 Å². The Kier molecular flexibility index (Phi) is 6.35. The molecule has 2 heterocycles. The van der Waals surface area contributed by atoms with Gasteiger partial charge in [-0.1, -0.05) is 19.1 Å². The number of hydrazine groups is 1. The number of benzene rings is 1. The highest BCUT2D eigenvalue weighted by atomic mass is 32.2. The van der Waals surface area contributed by atoms with Crippen molar-refractivity contribution in [2.75, 3.05) is 6.54 Å². The van der Waals surface area contributed by atoms with E-state index in [2.05, 4.69) is 10.9 Å². The van der Waals surface area contributed by atoms with E-state index in [1.54, 1.807) is 6.07 Å². The molecule has 0 spiro atoms. The Labute approximate surface area is 172 Å². The number of hydrogen-bond donors (Lipinski definition) is 2. The van der Waals surface area contributed by atoms with E-state index >= 15 is 0 Å². The fraction of sp³-hybridized carbons (Fsp3) is 0.368. The summed E-state index contributed by atoms with van der Waals surface area (Å²) in [6, 6.07) is 5.78. The molecule has 156 valence electrons. The number of nitrogens with one attached hydrogen (secondary N) is 2. The SMILES string of the molecule is CCc1sc(C(=O)NNC(=O)[C@H]2CCCN2S(=O)(=O)c2ccccc2F)cc1C. The Balaban J connectivity index is 1.70. The van der Waals surface area contributed by atoms with Crippen molar-refractivity contribution in [1.82, 2.24) is 15.2 Å². The minimum atomic E-state index is -4.17. The van der Waals surface area contributed by atoms with Gasteiger partial charge in [-0.3, -0.25) is 20.4 Å². The van der Waals surface area contributed by atoms with Gasteiger partial charge in [0.05, 0.1) is 4.88 Å². The maximum Gasteiger partial charge on any atom is 0.279 e. The number of carbonyl (C=O) groups excluding carboxylic acids is 2. The smallest absolute Gasteiger partial charge is 0.271 e. The van der Waals surface area contributed by atoms with Crippen LogP contribution in [0.4, 0.5) is 4.39 Å². The molecule has 2 amide bonds. The van der Waals surface area contributed by atoms with Gasteiger partial charge in [0.25, 0.3) is 11.8 Å². The first-order valence-corrected chi connectivity index (χ1v) is 11.5. The molecule has 1 atom stereocenters. The zero-order valence-electron chi connectivity index (χ0n) is 16.1. The Morgan fingerprint density at radius 2 is 2.00 bits per heavy atom. The number of thiophene rings is 1. The third kappa shape index (κ3) is 4.34. The minimum Gasteiger partial charge on any atom is -0.271 e. The number of nitrogens with zero attached hydrogens (tertiary/aromatic N) is 1. The molecule has 10 heteroatoms. The molecule has 29 heavy (non-hydrogen) atoms. The molecular weight excluding hydrogens is 417 g/mol. The first-order valence-electron chi connectivity index (χ1n) is 9.21. The third-order valence-electron chi connectivity index (χ3n) is 4.79. The zero-order valence-corrected chi connectivity index (χ0v) is 17.7. The predicted octanol–water partition coefficient (Wildman–Crippen LogP) is 2.37. The average molecular weight is 440 g/mol. The maximum atomic E-state index is 14.0. The summed E-state index contributed by atoms with van der Waals surface area (Å²) in [6.07, 6.45) is 1.55. The van der Waals surface area contributed by atoms with E-state index in [1.165, 1.54) is 29.5 Å². The molecule has 0 bridgehead atoms. The number of aryl methyl sites for hydroxylation is 2. The van der Waals surface area contributed by atoms with Gasteiger partial charge in [0.1, 0.15) is 16.8 Å². The lowest BCUT2D eigenvalue weighted by Gasteiger charge is -2.23. The summed E-state index contributed by atoms with van der Waals surface area (Å²) in [5.41, 5.74) is 5.65. The zero-order chi connectivity index (χ0) is 21.2. The van der Waals surface area contributed by atoms with Crippen molar-refractivity contribution in [1.29, 1.82) is 0 Å². The summed E-state index contributed by atoms with van der Waals surface area (Å²) in [5.74, 6) is -1.99. The normalized spacial score (nSPS) is 17.3. The predicted molar refractivity (Wildman–Crippen MR) is 107 cm³/mol. The number of halogens is 1. The minimum absolute atomic E-state index is 0.104. The Bertz CT molecular complexity index is 1040. The topological polar surface area (TPSA) is 95.6 Å². The molecule has 0 saturated carbocycles. The molecule has 1 aromatic carbocycles. The molecule has 1 saturated heterocycles. The van der Waals surface area contributed by atoms with Crippen LogP contribution < -0.4 is 10.9 Å². The van der Waals surface area contributed by atoms with Crippen LogP contribution in [0.15, 0.2) is 35.2 Å². The average Bonchev–Trinajstić information content (AvgIpc) is 3.33. The maximum absolute atomic E-state index is 14.0. The lowest BCUT2D eigenvalue weighted by molar-refractivity contribution is -0.125. The first kappa shape index (κ1) is 21.4. The van der Waals surface area contributed by atoms with Crippen LogP contribution in [0.5, 0.6) is 0 Å². The van der Waals surface area contributed by atoms with Gasteiger partial charge in [0.15, 0.2) is 0 Å². The van der Waals surface area contributed by atoms with Crippen molar-refractivity contribution >= 4 is 33.2 Å². The highest BCUT2D eigenvalue weighted by molar-refractivity contribution is 7.89. The van der Waals surface area contributed by atoms with Gasteiger partial charge in [-0.25, -0.2) is 12.8 Å². The van der Waals surface area contributed by atoms with E-state index in [1.807, 2.05) is 13.8 Å². The molecule has 3 rings (SSSR count). The molecular formula is C19H22FN3O4S2. The molecule has 1 aliphatic heterocycles. The van der Waals surface area contributed by atoms with E-state index in [0.717, 1.165) is 27.2 Å². The van der Waals surface area contributed by atoms with Gasteiger partial charge >= 0.3 is 0 Å². The van der Waals surface area contributed by atoms with E-state index in [0.29, 0.717) is 11.3 Å². The van der Waals surface area contributed by atoms with Gasteiger partial charge in [-0.2, -0.15) is 4.31 Å².